The predicted molar refractivity (Wildman–Crippen MR) is 61.2 cm³/mol. The molecule has 0 fully saturated rings. The lowest BCUT2D eigenvalue weighted by Crippen LogP contribution is -2.34. The molecule has 0 aromatic heterocycles. The standard InChI is InChI=1S/C12H14N2O3/c1-7(15)11-10-3-2-9(12(16)17-13)6-8(10)4-5-14-11/h2-3,6,11,14H,4-5,13H2,1H3. The molecule has 5 heteroatoms. The average Bonchev–Trinajstić information content (AvgIpc) is 2.36. The van der Waals surface area contributed by atoms with Gasteiger partial charge in [0.2, 0.25) is 0 Å². The quantitative estimate of drug-likeness (QED) is 0.728. The molecule has 0 saturated carbocycles. The van der Waals surface area contributed by atoms with E-state index in [2.05, 4.69) is 10.2 Å². The molecule has 1 aliphatic rings. The lowest BCUT2D eigenvalue weighted by molar-refractivity contribution is -0.119. The number of benzene rings is 1. The van der Waals surface area contributed by atoms with Crippen molar-refractivity contribution >= 4 is 11.8 Å². The molecular formula is C12H14N2O3. The molecule has 0 amide bonds. The third-order valence-corrected chi connectivity index (χ3v) is 2.95. The van der Waals surface area contributed by atoms with Crippen LogP contribution < -0.4 is 11.2 Å². The van der Waals surface area contributed by atoms with E-state index in [1.54, 1.807) is 25.1 Å². The van der Waals surface area contributed by atoms with Gasteiger partial charge >= 0.3 is 5.97 Å². The van der Waals surface area contributed by atoms with Crippen LogP contribution in [-0.4, -0.2) is 18.3 Å². The Morgan fingerprint density at radius 1 is 1.47 bits per heavy atom. The summed E-state index contributed by atoms with van der Waals surface area (Å²) >= 11 is 0. The molecule has 1 aromatic rings. The van der Waals surface area contributed by atoms with Crippen LogP contribution in [0.25, 0.3) is 0 Å². The lowest BCUT2D eigenvalue weighted by atomic mass is 9.91. The minimum atomic E-state index is -0.564. The highest BCUT2D eigenvalue weighted by molar-refractivity contribution is 5.90. The van der Waals surface area contributed by atoms with Crippen LogP contribution in [0.1, 0.15) is 34.5 Å². The normalized spacial score (nSPS) is 18.4. The summed E-state index contributed by atoms with van der Waals surface area (Å²) in [5.74, 6) is 4.35. The molecule has 3 N–H and O–H groups in total. The Kier molecular flexibility index (Phi) is 3.21. The molecule has 17 heavy (non-hydrogen) atoms. The monoisotopic (exact) mass is 234 g/mol. The minimum absolute atomic E-state index is 0.0695. The van der Waals surface area contributed by atoms with E-state index in [-0.39, 0.29) is 11.8 Å². The van der Waals surface area contributed by atoms with Crippen LogP contribution >= 0.6 is 0 Å². The fourth-order valence-electron chi connectivity index (χ4n) is 2.12. The van der Waals surface area contributed by atoms with Gasteiger partial charge in [0.15, 0.2) is 5.78 Å². The SMILES string of the molecule is CC(=O)C1NCCc2cc(C(=O)ON)ccc21. The Balaban J connectivity index is 2.39. The van der Waals surface area contributed by atoms with E-state index in [0.717, 1.165) is 24.1 Å². The van der Waals surface area contributed by atoms with Crippen LogP contribution in [0.2, 0.25) is 0 Å². The zero-order valence-electron chi connectivity index (χ0n) is 9.53. The van der Waals surface area contributed by atoms with Gasteiger partial charge in [-0.1, -0.05) is 6.07 Å². The van der Waals surface area contributed by atoms with Crippen LogP contribution in [0.15, 0.2) is 18.2 Å². The molecule has 1 heterocycles. The topological polar surface area (TPSA) is 81.4 Å². The van der Waals surface area contributed by atoms with Gasteiger partial charge in [-0.15, -0.1) is 0 Å². The zero-order valence-corrected chi connectivity index (χ0v) is 9.53. The summed E-state index contributed by atoms with van der Waals surface area (Å²) in [4.78, 5) is 26.9. The highest BCUT2D eigenvalue weighted by atomic mass is 16.7. The number of fused-ring (bicyclic) bond motifs is 1. The smallest absolute Gasteiger partial charge is 0.356 e. The number of hydrogen-bond acceptors (Lipinski definition) is 5. The Bertz CT molecular complexity index is 471. The van der Waals surface area contributed by atoms with Gasteiger partial charge in [0.25, 0.3) is 0 Å². The van der Waals surface area contributed by atoms with Crippen LogP contribution in [0.5, 0.6) is 0 Å². The van der Waals surface area contributed by atoms with Gasteiger partial charge < -0.3 is 10.2 Å². The van der Waals surface area contributed by atoms with Gasteiger partial charge in [0.1, 0.15) is 0 Å². The van der Waals surface area contributed by atoms with E-state index in [1.165, 1.54) is 0 Å². The number of ketones is 1. The molecule has 5 nitrogen and oxygen atoms in total. The molecule has 0 aliphatic carbocycles. The molecule has 0 bridgehead atoms. The summed E-state index contributed by atoms with van der Waals surface area (Å²) in [6.45, 7) is 2.27. The summed E-state index contributed by atoms with van der Waals surface area (Å²) in [7, 11) is 0. The van der Waals surface area contributed by atoms with E-state index < -0.39 is 5.97 Å². The molecule has 1 aliphatic heterocycles. The van der Waals surface area contributed by atoms with E-state index in [9.17, 15) is 9.59 Å². The number of rotatable bonds is 2. The van der Waals surface area contributed by atoms with Crippen LogP contribution in [0.3, 0.4) is 0 Å². The van der Waals surface area contributed by atoms with Crippen molar-refractivity contribution < 1.29 is 14.4 Å². The van der Waals surface area contributed by atoms with Crippen LogP contribution in [0.4, 0.5) is 0 Å². The molecule has 2 rings (SSSR count). The first-order valence-corrected chi connectivity index (χ1v) is 5.41. The van der Waals surface area contributed by atoms with Crippen molar-refractivity contribution in [2.45, 2.75) is 19.4 Å². The van der Waals surface area contributed by atoms with E-state index in [4.69, 9.17) is 5.90 Å². The van der Waals surface area contributed by atoms with Gasteiger partial charge in [-0.3, -0.25) is 4.79 Å². The number of Topliss-reactive ketones (excluding diaryl/α,β-unsaturated/α-hetero) is 1. The maximum Gasteiger partial charge on any atom is 0.356 e. The fourth-order valence-corrected chi connectivity index (χ4v) is 2.12. The van der Waals surface area contributed by atoms with E-state index in [1.807, 2.05) is 0 Å². The number of nitrogens with two attached hydrogens (primary N) is 1. The second kappa shape index (κ2) is 4.65. The summed E-state index contributed by atoms with van der Waals surface area (Å²) in [6.07, 6.45) is 0.783. The molecular weight excluding hydrogens is 220 g/mol. The van der Waals surface area contributed by atoms with Crippen molar-refractivity contribution in [1.82, 2.24) is 5.32 Å². The van der Waals surface area contributed by atoms with Crippen molar-refractivity contribution in [3.63, 3.8) is 0 Å². The zero-order chi connectivity index (χ0) is 12.4. The van der Waals surface area contributed by atoms with Gasteiger partial charge in [-0.05, 0) is 36.6 Å². The minimum Gasteiger partial charge on any atom is -0.370 e. The molecule has 90 valence electrons. The molecule has 1 atom stereocenters. The van der Waals surface area contributed by atoms with Gasteiger partial charge in [0.05, 0.1) is 11.6 Å². The highest BCUT2D eigenvalue weighted by Crippen LogP contribution is 2.24. The summed E-state index contributed by atoms with van der Waals surface area (Å²) in [5, 5.41) is 3.15. The summed E-state index contributed by atoms with van der Waals surface area (Å²) in [5.41, 5.74) is 2.33. The fraction of sp³-hybridized carbons (Fsp3) is 0.333. The molecule has 0 saturated heterocycles. The highest BCUT2D eigenvalue weighted by Gasteiger charge is 2.24. The maximum atomic E-state index is 11.5. The van der Waals surface area contributed by atoms with Crippen molar-refractivity contribution in [3.05, 3.63) is 34.9 Å². The third-order valence-electron chi connectivity index (χ3n) is 2.95. The Morgan fingerprint density at radius 2 is 2.24 bits per heavy atom. The molecule has 1 unspecified atom stereocenters. The second-order valence-corrected chi connectivity index (χ2v) is 4.07. The second-order valence-electron chi connectivity index (χ2n) is 4.07. The largest absolute Gasteiger partial charge is 0.370 e. The third kappa shape index (κ3) is 2.20. The van der Waals surface area contributed by atoms with E-state index >= 15 is 0 Å². The van der Waals surface area contributed by atoms with Crippen LogP contribution in [0, 0.1) is 0 Å². The first-order chi connectivity index (χ1) is 8.13. The van der Waals surface area contributed by atoms with Crippen molar-refractivity contribution in [2.75, 3.05) is 6.54 Å². The predicted octanol–water partition coefficient (Wildman–Crippen LogP) is 0.493. The number of nitrogens with one attached hydrogen (secondary N) is 1. The van der Waals surface area contributed by atoms with Gasteiger partial charge in [-0.25, -0.2) is 4.79 Å². The summed E-state index contributed by atoms with van der Waals surface area (Å²) < 4.78 is 0. The Morgan fingerprint density at radius 3 is 2.88 bits per heavy atom. The Hall–Kier alpha value is -1.72. The first-order valence-electron chi connectivity index (χ1n) is 5.41. The average molecular weight is 234 g/mol. The molecule has 0 spiro atoms. The number of hydrogen-bond donors (Lipinski definition) is 2. The molecule has 0 radical (unpaired) electrons. The van der Waals surface area contributed by atoms with Gasteiger partial charge in [0, 0.05) is 6.54 Å². The van der Waals surface area contributed by atoms with Crippen molar-refractivity contribution in [3.8, 4) is 0 Å². The summed E-state index contributed by atoms with van der Waals surface area (Å²) in [6, 6.07) is 4.86. The number of carbonyl (C=O) groups excluding carboxylic acids is 2. The maximum absolute atomic E-state index is 11.5. The van der Waals surface area contributed by atoms with Crippen molar-refractivity contribution in [2.24, 2.45) is 5.90 Å². The van der Waals surface area contributed by atoms with Crippen LogP contribution in [-0.2, 0) is 16.1 Å². The van der Waals surface area contributed by atoms with Gasteiger partial charge in [-0.2, -0.15) is 5.90 Å². The first kappa shape index (κ1) is 11.8. The molecule has 1 aromatic carbocycles. The van der Waals surface area contributed by atoms with Crippen molar-refractivity contribution in [1.29, 1.82) is 0 Å². The lowest BCUT2D eigenvalue weighted by Gasteiger charge is -2.25. The van der Waals surface area contributed by atoms with E-state index in [0.29, 0.717) is 5.56 Å². The number of carbonyl (C=O) groups is 2. The Labute approximate surface area is 98.9 Å².